The molecule has 22 heavy (non-hydrogen) atoms. The molecule has 12 nitrogen and oxygen atoms in total. The average Bonchev–Trinajstić information content (AvgIpc) is 3.16. The van der Waals surface area contributed by atoms with Gasteiger partial charge >= 0.3 is 11.4 Å². The highest BCUT2D eigenvalue weighted by Crippen LogP contribution is 2.27. The number of oxime groups is 2. The molecule has 1 aromatic rings. The number of alkyl halides is 2. The average molecular weight is 351 g/mol. The summed E-state index contributed by atoms with van der Waals surface area (Å²) in [6.45, 7) is 0. The number of nitrogens with zero attached hydrogens (tertiary/aromatic N) is 6. The molecule has 0 bridgehead atoms. The van der Waals surface area contributed by atoms with Crippen molar-refractivity contribution in [3.63, 3.8) is 0 Å². The Hall–Kier alpha value is -2.44. The summed E-state index contributed by atoms with van der Waals surface area (Å²) in [5, 5.41) is 33.5. The second kappa shape index (κ2) is 5.40. The van der Waals surface area contributed by atoms with Gasteiger partial charge in [-0.1, -0.05) is 5.16 Å². The third-order valence-corrected chi connectivity index (χ3v) is 3.18. The van der Waals surface area contributed by atoms with Crippen LogP contribution in [0.2, 0.25) is 0 Å². The van der Waals surface area contributed by atoms with Crippen molar-refractivity contribution in [1.82, 2.24) is 10.4 Å². The minimum absolute atomic E-state index is 0.00635. The van der Waals surface area contributed by atoms with Crippen molar-refractivity contribution in [2.45, 2.75) is 5.88 Å². The standard InChI is InChI=1S/C8H4Cl2N6O6/c9-1-3-6(14(17)20-11-3)5-8(16(19)22-13-5)7-4(2-10)12-21-15(7)18/h1-2H2. The van der Waals surface area contributed by atoms with Gasteiger partial charge in [0.25, 0.3) is 5.69 Å². The number of hydroxylamine groups is 2. The van der Waals surface area contributed by atoms with Crippen LogP contribution in [0.1, 0.15) is 11.4 Å². The van der Waals surface area contributed by atoms with Gasteiger partial charge in [0.15, 0.2) is 15.8 Å². The predicted octanol–water partition coefficient (Wildman–Crippen LogP) is 0.0264. The van der Waals surface area contributed by atoms with Crippen molar-refractivity contribution >= 4 is 34.6 Å². The second-order valence-corrected chi connectivity index (χ2v) is 4.38. The second-order valence-electron chi connectivity index (χ2n) is 3.85. The molecule has 0 amide bonds. The Morgan fingerprint density at radius 2 is 2.05 bits per heavy atom. The van der Waals surface area contributed by atoms with Gasteiger partial charge < -0.3 is 10.4 Å². The maximum atomic E-state index is 11.8. The Morgan fingerprint density at radius 1 is 1.27 bits per heavy atom. The topological polar surface area (TPSA) is 143 Å². The maximum absolute atomic E-state index is 11.8. The molecule has 3 rings (SSSR count). The van der Waals surface area contributed by atoms with Gasteiger partial charge in [-0.3, -0.25) is 9.57 Å². The third-order valence-electron chi connectivity index (χ3n) is 2.68. The highest BCUT2D eigenvalue weighted by molar-refractivity contribution is 6.32. The van der Waals surface area contributed by atoms with E-state index < -0.39 is 5.70 Å². The molecule has 3 heterocycles. The van der Waals surface area contributed by atoms with Gasteiger partial charge in [-0.15, -0.1) is 23.2 Å². The lowest BCUT2D eigenvalue weighted by atomic mass is 10.1. The lowest BCUT2D eigenvalue weighted by Crippen LogP contribution is -2.34. The summed E-state index contributed by atoms with van der Waals surface area (Å²) in [5.74, 6) is -0.440. The van der Waals surface area contributed by atoms with Gasteiger partial charge in [-0.2, -0.15) is 0 Å². The number of halogens is 2. The fraction of sp³-hybridized carbons (Fsp3) is 0.250. The van der Waals surface area contributed by atoms with E-state index in [-0.39, 0.29) is 55.3 Å². The normalized spacial score (nSPS) is 20.9. The van der Waals surface area contributed by atoms with Crippen LogP contribution in [-0.2, 0) is 15.8 Å². The fourth-order valence-corrected chi connectivity index (χ4v) is 2.13. The van der Waals surface area contributed by atoms with Crippen LogP contribution in [0.5, 0.6) is 0 Å². The van der Waals surface area contributed by atoms with Crippen molar-refractivity contribution in [3.8, 4) is 0 Å². The summed E-state index contributed by atoms with van der Waals surface area (Å²) in [7, 11) is 0. The largest absolute Gasteiger partial charge is 0.722 e. The smallest absolute Gasteiger partial charge is 0.335 e. The van der Waals surface area contributed by atoms with Crippen LogP contribution < -0.4 is 4.90 Å². The van der Waals surface area contributed by atoms with E-state index in [4.69, 9.17) is 23.2 Å². The summed E-state index contributed by atoms with van der Waals surface area (Å²) < 4.78 is 4.39. The summed E-state index contributed by atoms with van der Waals surface area (Å²) in [6, 6.07) is 0. The van der Waals surface area contributed by atoms with Crippen molar-refractivity contribution in [1.29, 1.82) is 0 Å². The van der Waals surface area contributed by atoms with Crippen LogP contribution >= 0.6 is 23.2 Å². The van der Waals surface area contributed by atoms with E-state index in [1.807, 2.05) is 0 Å². The lowest BCUT2D eigenvalue weighted by Gasteiger charge is -2.19. The Morgan fingerprint density at radius 3 is 2.73 bits per heavy atom. The molecule has 0 radical (unpaired) electrons. The Bertz CT molecular complexity index is 741. The molecule has 0 N–H and O–H groups in total. The first-order valence-corrected chi connectivity index (χ1v) is 6.55. The van der Waals surface area contributed by atoms with Crippen molar-refractivity contribution in [2.75, 3.05) is 5.88 Å². The zero-order chi connectivity index (χ0) is 15.9. The van der Waals surface area contributed by atoms with Crippen LogP contribution in [-0.4, -0.2) is 32.6 Å². The quantitative estimate of drug-likeness (QED) is 0.548. The summed E-state index contributed by atoms with van der Waals surface area (Å²) in [4.78, 5) is 20.5. The molecule has 2 aliphatic heterocycles. The summed E-state index contributed by atoms with van der Waals surface area (Å²) in [5.41, 5.74) is -1.46. The number of allylic oxidation sites excluding steroid dienone is 2. The maximum Gasteiger partial charge on any atom is 0.335 e. The molecular formula is C8H4Cl2N6O6. The highest BCUT2D eigenvalue weighted by Gasteiger charge is 2.48. The molecule has 0 unspecified atom stereocenters. The molecule has 2 aliphatic rings. The van der Waals surface area contributed by atoms with Crippen molar-refractivity contribution in [2.24, 2.45) is 10.3 Å². The number of rotatable bonds is 3. The molecule has 0 saturated carbocycles. The number of aromatic nitrogens is 2. The Labute approximate surface area is 130 Å². The minimum Gasteiger partial charge on any atom is -0.722 e. The predicted molar refractivity (Wildman–Crippen MR) is 67.7 cm³/mol. The molecule has 14 heteroatoms. The lowest BCUT2D eigenvalue weighted by molar-refractivity contribution is -0.803. The van der Waals surface area contributed by atoms with Gasteiger partial charge in [0.05, 0.1) is 11.8 Å². The molecule has 0 aliphatic carbocycles. The van der Waals surface area contributed by atoms with E-state index >= 15 is 0 Å². The monoisotopic (exact) mass is 350 g/mol. The van der Waals surface area contributed by atoms with Crippen LogP contribution in [0.15, 0.2) is 26.3 Å². The van der Waals surface area contributed by atoms with Gasteiger partial charge in [0.2, 0.25) is 5.69 Å². The van der Waals surface area contributed by atoms with E-state index in [9.17, 15) is 15.3 Å². The number of hydrogen-bond acceptors (Lipinski definition) is 10. The molecule has 0 atom stereocenters. The fourth-order valence-electron chi connectivity index (χ4n) is 1.78. The molecule has 0 saturated heterocycles. The Kier molecular flexibility index (Phi) is 3.56. The van der Waals surface area contributed by atoms with Gasteiger partial charge in [0, 0.05) is 5.16 Å². The van der Waals surface area contributed by atoms with E-state index in [0.29, 0.717) is 0 Å². The molecule has 0 aromatic carbocycles. The first-order chi connectivity index (χ1) is 10.6. The zero-order valence-corrected chi connectivity index (χ0v) is 11.8. The molecular weight excluding hydrogens is 347 g/mol. The van der Waals surface area contributed by atoms with E-state index in [1.165, 1.54) is 0 Å². The minimum atomic E-state index is -0.439. The van der Waals surface area contributed by atoms with E-state index in [0.717, 1.165) is 0 Å². The van der Waals surface area contributed by atoms with E-state index in [2.05, 4.69) is 30.0 Å². The molecule has 1 aromatic heterocycles. The summed E-state index contributed by atoms with van der Waals surface area (Å²) >= 11 is 11.3. The van der Waals surface area contributed by atoms with Crippen molar-refractivity contribution in [3.05, 3.63) is 38.1 Å². The van der Waals surface area contributed by atoms with Crippen LogP contribution in [0, 0.1) is 15.3 Å². The summed E-state index contributed by atoms with van der Waals surface area (Å²) in [6.07, 6.45) is 0. The first kappa shape index (κ1) is 14.5. The SMILES string of the molecule is O=[N+]1ON=C(c2c(CCl)no[n+]2[O-])C1=C1C(CCl)=NON1[O-]. The highest BCUT2D eigenvalue weighted by atomic mass is 35.5. The van der Waals surface area contributed by atoms with Gasteiger partial charge in [0.1, 0.15) is 5.71 Å². The van der Waals surface area contributed by atoms with Crippen LogP contribution in [0.3, 0.4) is 0 Å². The molecule has 0 spiro atoms. The zero-order valence-electron chi connectivity index (χ0n) is 10.3. The van der Waals surface area contributed by atoms with Crippen LogP contribution in [0.25, 0.3) is 0 Å². The van der Waals surface area contributed by atoms with Crippen molar-refractivity contribution < 1.29 is 24.3 Å². The van der Waals surface area contributed by atoms with Crippen LogP contribution in [0.4, 0.5) is 0 Å². The molecule has 0 fully saturated rings. The van der Waals surface area contributed by atoms with E-state index in [1.54, 1.807) is 0 Å². The number of hydrogen-bond donors (Lipinski definition) is 0. The third kappa shape index (κ3) is 2.04. The molecule has 116 valence electrons. The Balaban J connectivity index is 2.19. The van der Waals surface area contributed by atoms with Gasteiger partial charge in [-0.25, -0.2) is 5.23 Å². The van der Waals surface area contributed by atoms with Gasteiger partial charge in [-0.05, 0) is 14.7 Å². The first-order valence-electron chi connectivity index (χ1n) is 5.48.